The third-order valence-electron chi connectivity index (χ3n) is 4.99. The first kappa shape index (κ1) is 19.0. The SMILES string of the molecule is CC(C(=O)N1CCOCC1CC(O)c1cccs1)C(N)c1ccccc1. The topological polar surface area (TPSA) is 75.8 Å². The number of morpholine rings is 1. The van der Waals surface area contributed by atoms with E-state index in [1.54, 1.807) is 0 Å². The number of aliphatic hydroxyl groups excluding tert-OH is 1. The lowest BCUT2D eigenvalue weighted by molar-refractivity contribution is -0.145. The summed E-state index contributed by atoms with van der Waals surface area (Å²) < 4.78 is 5.57. The van der Waals surface area contributed by atoms with Gasteiger partial charge in [-0.05, 0) is 17.0 Å². The fraction of sp³-hybridized carbons (Fsp3) is 0.450. The van der Waals surface area contributed by atoms with Crippen molar-refractivity contribution in [3.63, 3.8) is 0 Å². The third kappa shape index (κ3) is 4.32. The summed E-state index contributed by atoms with van der Waals surface area (Å²) >= 11 is 1.52. The number of nitrogens with two attached hydrogens (primary N) is 1. The third-order valence-corrected chi connectivity index (χ3v) is 5.96. The Kier molecular flexibility index (Phi) is 6.43. The molecule has 1 aliphatic heterocycles. The minimum Gasteiger partial charge on any atom is -0.387 e. The molecule has 0 aliphatic carbocycles. The molecule has 1 aliphatic rings. The van der Waals surface area contributed by atoms with Crippen molar-refractivity contribution in [2.24, 2.45) is 11.7 Å². The zero-order valence-electron chi connectivity index (χ0n) is 15.0. The lowest BCUT2D eigenvalue weighted by Crippen LogP contribution is -2.52. The van der Waals surface area contributed by atoms with Crippen molar-refractivity contribution >= 4 is 17.2 Å². The Balaban J connectivity index is 1.69. The molecular formula is C20H26N2O3S. The van der Waals surface area contributed by atoms with Crippen LogP contribution in [0.3, 0.4) is 0 Å². The summed E-state index contributed by atoms with van der Waals surface area (Å²) in [5.41, 5.74) is 7.30. The van der Waals surface area contributed by atoms with Crippen molar-refractivity contribution in [3.8, 4) is 0 Å². The van der Waals surface area contributed by atoms with Crippen molar-refractivity contribution in [3.05, 3.63) is 58.3 Å². The smallest absolute Gasteiger partial charge is 0.227 e. The molecule has 0 radical (unpaired) electrons. The van der Waals surface area contributed by atoms with E-state index in [4.69, 9.17) is 10.5 Å². The summed E-state index contributed by atoms with van der Waals surface area (Å²) in [6.45, 7) is 3.38. The number of aliphatic hydroxyl groups is 1. The Morgan fingerprint density at radius 2 is 2.12 bits per heavy atom. The minimum atomic E-state index is -0.588. The average Bonchev–Trinajstić information content (AvgIpc) is 3.22. The van der Waals surface area contributed by atoms with Gasteiger partial charge in [0.1, 0.15) is 0 Å². The fourth-order valence-electron chi connectivity index (χ4n) is 3.37. The number of hydrogen-bond acceptors (Lipinski definition) is 5. The Morgan fingerprint density at radius 3 is 2.81 bits per heavy atom. The zero-order chi connectivity index (χ0) is 18.5. The second-order valence-electron chi connectivity index (χ2n) is 6.75. The number of benzene rings is 1. The molecule has 3 N–H and O–H groups in total. The molecular weight excluding hydrogens is 348 g/mol. The second-order valence-corrected chi connectivity index (χ2v) is 7.73. The van der Waals surface area contributed by atoms with E-state index in [2.05, 4.69) is 0 Å². The maximum Gasteiger partial charge on any atom is 0.227 e. The van der Waals surface area contributed by atoms with Crippen LogP contribution in [0.4, 0.5) is 0 Å². The Morgan fingerprint density at radius 1 is 1.35 bits per heavy atom. The van der Waals surface area contributed by atoms with Gasteiger partial charge in [0.05, 0.1) is 31.3 Å². The summed E-state index contributed by atoms with van der Waals surface area (Å²) in [4.78, 5) is 15.9. The largest absolute Gasteiger partial charge is 0.387 e. The van der Waals surface area contributed by atoms with E-state index in [0.29, 0.717) is 26.2 Å². The van der Waals surface area contributed by atoms with Crippen LogP contribution < -0.4 is 5.73 Å². The van der Waals surface area contributed by atoms with E-state index in [1.165, 1.54) is 11.3 Å². The average molecular weight is 375 g/mol. The summed E-state index contributed by atoms with van der Waals surface area (Å²) in [6.07, 6.45) is -0.116. The van der Waals surface area contributed by atoms with Gasteiger partial charge in [-0.15, -0.1) is 11.3 Å². The number of carbonyl (C=O) groups is 1. The van der Waals surface area contributed by atoms with Gasteiger partial charge in [-0.1, -0.05) is 43.3 Å². The summed E-state index contributed by atoms with van der Waals surface area (Å²) in [5.74, 6) is -0.315. The number of hydrogen-bond donors (Lipinski definition) is 2. The van der Waals surface area contributed by atoms with Gasteiger partial charge in [0, 0.05) is 23.9 Å². The second kappa shape index (κ2) is 8.77. The van der Waals surface area contributed by atoms with E-state index in [-0.39, 0.29) is 23.9 Å². The van der Waals surface area contributed by atoms with Crippen LogP contribution in [-0.4, -0.2) is 41.7 Å². The highest BCUT2D eigenvalue weighted by molar-refractivity contribution is 7.10. The van der Waals surface area contributed by atoms with E-state index in [9.17, 15) is 9.90 Å². The number of amides is 1. The zero-order valence-corrected chi connectivity index (χ0v) is 15.8. The maximum atomic E-state index is 13.1. The van der Waals surface area contributed by atoms with Crippen LogP contribution >= 0.6 is 11.3 Å². The minimum absolute atomic E-state index is 0.0213. The molecule has 2 aromatic rings. The van der Waals surface area contributed by atoms with E-state index in [0.717, 1.165) is 10.4 Å². The normalized spacial score (nSPS) is 21.2. The molecule has 1 saturated heterocycles. The number of carbonyl (C=O) groups excluding carboxylic acids is 1. The van der Waals surface area contributed by atoms with Crippen LogP contribution in [0, 0.1) is 5.92 Å². The lowest BCUT2D eigenvalue weighted by Gasteiger charge is -2.39. The van der Waals surface area contributed by atoms with Crippen LogP contribution in [-0.2, 0) is 9.53 Å². The highest BCUT2D eigenvalue weighted by Crippen LogP contribution is 2.28. The molecule has 0 saturated carbocycles. The van der Waals surface area contributed by atoms with Crippen molar-refractivity contribution in [2.75, 3.05) is 19.8 Å². The molecule has 5 nitrogen and oxygen atoms in total. The van der Waals surface area contributed by atoms with Crippen molar-refractivity contribution in [1.82, 2.24) is 4.90 Å². The van der Waals surface area contributed by atoms with Crippen LogP contribution in [0.1, 0.15) is 35.9 Å². The molecule has 2 heterocycles. The van der Waals surface area contributed by atoms with Crippen molar-refractivity contribution in [2.45, 2.75) is 31.5 Å². The van der Waals surface area contributed by atoms with Gasteiger partial charge in [0.2, 0.25) is 5.91 Å². The Hall–Kier alpha value is -1.73. The van der Waals surface area contributed by atoms with Crippen LogP contribution in [0.2, 0.25) is 0 Å². The molecule has 1 amide bonds. The predicted octanol–water partition coefficient (Wildman–Crippen LogP) is 2.74. The molecule has 6 heteroatoms. The molecule has 4 unspecified atom stereocenters. The van der Waals surface area contributed by atoms with Gasteiger partial charge in [0.25, 0.3) is 0 Å². The van der Waals surface area contributed by atoms with Gasteiger partial charge in [-0.2, -0.15) is 0 Å². The lowest BCUT2D eigenvalue weighted by atomic mass is 9.93. The highest BCUT2D eigenvalue weighted by atomic mass is 32.1. The molecule has 0 spiro atoms. The van der Waals surface area contributed by atoms with Crippen LogP contribution in [0.5, 0.6) is 0 Å². The highest BCUT2D eigenvalue weighted by Gasteiger charge is 2.34. The quantitative estimate of drug-likeness (QED) is 0.815. The number of ether oxygens (including phenoxy) is 1. The molecule has 4 atom stereocenters. The molecule has 26 heavy (non-hydrogen) atoms. The Labute approximate surface area is 158 Å². The first-order chi connectivity index (χ1) is 12.6. The number of thiophene rings is 1. The van der Waals surface area contributed by atoms with E-state index >= 15 is 0 Å². The van der Waals surface area contributed by atoms with E-state index < -0.39 is 6.10 Å². The molecule has 3 rings (SSSR count). The number of nitrogens with zero attached hydrogens (tertiary/aromatic N) is 1. The van der Waals surface area contributed by atoms with Gasteiger partial charge >= 0.3 is 0 Å². The van der Waals surface area contributed by atoms with Gasteiger partial charge in [-0.25, -0.2) is 0 Å². The maximum absolute atomic E-state index is 13.1. The predicted molar refractivity (Wildman–Crippen MR) is 103 cm³/mol. The first-order valence-corrected chi connectivity index (χ1v) is 9.86. The first-order valence-electron chi connectivity index (χ1n) is 8.98. The fourth-order valence-corrected chi connectivity index (χ4v) is 4.10. The molecule has 0 bridgehead atoms. The Bertz CT molecular complexity index is 692. The molecule has 140 valence electrons. The molecule has 1 aromatic carbocycles. The molecule has 1 aromatic heterocycles. The van der Waals surface area contributed by atoms with Gasteiger partial charge in [0.15, 0.2) is 0 Å². The van der Waals surface area contributed by atoms with Crippen LogP contribution in [0.25, 0.3) is 0 Å². The number of rotatable bonds is 6. The standard InChI is InChI=1S/C20H26N2O3S/c1-14(19(21)15-6-3-2-4-7-15)20(24)22-9-10-25-13-16(22)12-17(23)18-8-5-11-26-18/h2-8,11,14,16-17,19,23H,9-10,12-13,21H2,1H3. The van der Waals surface area contributed by atoms with Crippen molar-refractivity contribution < 1.29 is 14.6 Å². The van der Waals surface area contributed by atoms with Gasteiger partial charge in [-0.3, -0.25) is 4.79 Å². The van der Waals surface area contributed by atoms with Crippen molar-refractivity contribution in [1.29, 1.82) is 0 Å². The van der Waals surface area contributed by atoms with Crippen LogP contribution in [0.15, 0.2) is 47.8 Å². The monoisotopic (exact) mass is 374 g/mol. The summed E-state index contributed by atoms with van der Waals surface area (Å²) in [5, 5.41) is 12.4. The van der Waals surface area contributed by atoms with Gasteiger partial charge < -0.3 is 20.5 Å². The summed E-state index contributed by atoms with van der Waals surface area (Å²) in [6, 6.07) is 13.0. The van der Waals surface area contributed by atoms with E-state index in [1.807, 2.05) is 59.7 Å². The molecule has 1 fully saturated rings. The summed E-state index contributed by atoms with van der Waals surface area (Å²) in [7, 11) is 0.